The van der Waals surface area contributed by atoms with Gasteiger partial charge in [-0.1, -0.05) is 0 Å². The highest BCUT2D eigenvalue weighted by molar-refractivity contribution is 6.14. The Morgan fingerprint density at radius 2 is 0.736 bits per heavy atom. The number of anilines is 9. The first kappa shape index (κ1) is 78.2. The van der Waals surface area contributed by atoms with Crippen LogP contribution < -0.4 is 53.2 Å². The zero-order valence-electron chi connectivity index (χ0n) is 58.9. The number of nitrogen functional groups attached to an aromatic ring is 3. The molecule has 7 aliphatic heterocycles. The molecular formula is C68H78ClF6N25O10. The number of amides is 4. The predicted molar refractivity (Wildman–Crippen MR) is 388 cm³/mol. The van der Waals surface area contributed by atoms with E-state index in [9.17, 15) is 50.7 Å². The molecule has 9 aromatic heterocycles. The standard InChI is InChI=1S/C25H29F2N9O3.2C18H17F2N7O3.C7H14N2O.ClH/c26-16-9-30-23-20(22(28)32-36(23)12-16)24(37)31-19-11-29-10-18(27)21(19)34-3-1-15(2-4-34)25(38)35-7-5-33(6-8-35)17-13-39-14-17;2*19-10-5-23-16-13(15(21)25-27(16)8-10)17(28)24-12-7-22-6-11(20)14(12)26-3-1-9(2-4-26)18(29)30;1-3-9(4-2-8-1)7-5-10-6-7;/h9-12,15,17H,1-8,13-14H2,(H2,28,32)(H,31,37);2*5-9H,1-4H2,(H2,21,25)(H,24,28)(H,29,30);7-8H,1-6H2;1H. The minimum absolute atomic E-state index is 0. The van der Waals surface area contributed by atoms with Crippen LogP contribution in [0.15, 0.2) is 74.4 Å². The summed E-state index contributed by atoms with van der Waals surface area (Å²) in [4.78, 5) is 109. The van der Waals surface area contributed by atoms with Crippen molar-refractivity contribution in [2.24, 2.45) is 17.8 Å². The maximum absolute atomic E-state index is 15.0. The molecule has 0 bridgehead atoms. The van der Waals surface area contributed by atoms with Crippen LogP contribution in [0.5, 0.6) is 0 Å². The highest BCUT2D eigenvalue weighted by Crippen LogP contribution is 2.37. The highest BCUT2D eigenvalue weighted by atomic mass is 35.5. The zero-order valence-corrected chi connectivity index (χ0v) is 59.7. The molecule has 0 radical (unpaired) electrons. The lowest BCUT2D eigenvalue weighted by molar-refractivity contribution is -0.143. The van der Waals surface area contributed by atoms with Gasteiger partial charge >= 0.3 is 11.9 Å². The average molecular weight is 1550 g/mol. The summed E-state index contributed by atoms with van der Waals surface area (Å²) >= 11 is 0. The molecule has 110 heavy (non-hydrogen) atoms. The minimum atomic E-state index is -0.883. The lowest BCUT2D eigenvalue weighted by Crippen LogP contribution is -2.58. The number of halogens is 7. The summed E-state index contributed by atoms with van der Waals surface area (Å²) in [7, 11) is 0. The van der Waals surface area contributed by atoms with Gasteiger partial charge < -0.3 is 77.8 Å². The van der Waals surface area contributed by atoms with Gasteiger partial charge in [0.05, 0.1) is 142 Å². The third-order valence-electron chi connectivity index (χ3n) is 20.0. The average Bonchev–Trinajstić information content (AvgIpc) is 1.62. The molecule has 42 heteroatoms. The van der Waals surface area contributed by atoms with Crippen molar-refractivity contribution in [3.8, 4) is 0 Å². The number of hydrogen-bond acceptors (Lipinski definition) is 26. The van der Waals surface area contributed by atoms with E-state index in [4.69, 9.17) is 36.9 Å². The number of carbonyl (C=O) groups is 6. The molecule has 0 spiro atoms. The molecule has 4 amide bonds. The number of rotatable bonds is 14. The number of aliphatic carboxylic acids is 2. The van der Waals surface area contributed by atoms with Crippen molar-refractivity contribution >= 4 is 116 Å². The molecule has 7 saturated heterocycles. The molecule has 0 saturated carbocycles. The van der Waals surface area contributed by atoms with Crippen LogP contribution in [-0.2, 0) is 23.9 Å². The van der Waals surface area contributed by atoms with Crippen LogP contribution in [0.3, 0.4) is 0 Å². The molecule has 12 N–H and O–H groups in total. The van der Waals surface area contributed by atoms with Crippen molar-refractivity contribution in [1.29, 1.82) is 0 Å². The second kappa shape index (κ2) is 34.4. The summed E-state index contributed by atoms with van der Waals surface area (Å²) in [5.74, 6) is -9.16. The monoisotopic (exact) mass is 1550 g/mol. The number of nitrogens with zero attached hydrogens (tertiary/aromatic N) is 18. The molecule has 0 unspecified atom stereocenters. The molecule has 0 aliphatic carbocycles. The third-order valence-corrected chi connectivity index (χ3v) is 20.0. The van der Waals surface area contributed by atoms with E-state index in [2.05, 4.69) is 76.3 Å². The number of carboxylic acid groups (broad SMARTS) is 2. The van der Waals surface area contributed by atoms with Gasteiger partial charge in [0.2, 0.25) is 5.91 Å². The second-order valence-corrected chi connectivity index (χ2v) is 26.8. The van der Waals surface area contributed by atoms with E-state index in [0.29, 0.717) is 96.9 Å². The summed E-state index contributed by atoms with van der Waals surface area (Å²) < 4.78 is 98.0. The van der Waals surface area contributed by atoms with Crippen molar-refractivity contribution in [1.82, 2.24) is 78.8 Å². The number of piperidine rings is 3. The molecule has 7 fully saturated rings. The molecule has 35 nitrogen and oxygen atoms in total. The lowest BCUT2D eigenvalue weighted by atomic mass is 9.94. The largest absolute Gasteiger partial charge is 0.481 e. The number of nitrogens with two attached hydrogens (primary N) is 3. The van der Waals surface area contributed by atoms with Gasteiger partial charge in [0.25, 0.3) is 17.7 Å². The maximum atomic E-state index is 15.0. The van der Waals surface area contributed by atoms with E-state index in [1.165, 1.54) is 31.7 Å². The molecule has 7 aliphatic rings. The highest BCUT2D eigenvalue weighted by Gasteiger charge is 2.37. The number of piperazine rings is 2. The van der Waals surface area contributed by atoms with Gasteiger partial charge in [-0.05, 0) is 38.5 Å². The third kappa shape index (κ3) is 17.3. The van der Waals surface area contributed by atoms with Gasteiger partial charge in [-0.3, -0.25) is 53.5 Å². The number of carbonyl (C=O) groups excluding carboxylic acids is 4. The van der Waals surface area contributed by atoms with Gasteiger partial charge in [-0.2, -0.15) is 0 Å². The fourth-order valence-electron chi connectivity index (χ4n) is 14.1. The second-order valence-electron chi connectivity index (χ2n) is 26.8. The van der Waals surface area contributed by atoms with Crippen LogP contribution in [0.1, 0.15) is 69.6 Å². The number of hydrogen-bond donors (Lipinski definition) is 9. The summed E-state index contributed by atoms with van der Waals surface area (Å²) in [6.45, 7) is 13.4. The fourth-order valence-corrected chi connectivity index (χ4v) is 14.1. The summed E-state index contributed by atoms with van der Waals surface area (Å²) in [5.41, 5.74) is 18.2. The van der Waals surface area contributed by atoms with Crippen molar-refractivity contribution in [3.05, 3.63) is 126 Å². The van der Waals surface area contributed by atoms with Crippen molar-refractivity contribution in [2.45, 2.75) is 50.6 Å². The number of aromatic nitrogens is 12. The Kier molecular flexibility index (Phi) is 24.5. The van der Waals surface area contributed by atoms with Crippen LogP contribution in [-0.4, -0.2) is 249 Å². The lowest BCUT2D eigenvalue weighted by Gasteiger charge is -2.43. The molecule has 16 heterocycles. The zero-order chi connectivity index (χ0) is 76.7. The molecule has 9 aromatic rings. The van der Waals surface area contributed by atoms with E-state index in [1.807, 2.05) is 9.80 Å². The quantitative estimate of drug-likeness (QED) is 0.0699. The van der Waals surface area contributed by atoms with Crippen LogP contribution in [0.25, 0.3) is 16.9 Å². The van der Waals surface area contributed by atoms with Gasteiger partial charge in [-0.15, -0.1) is 27.7 Å². The predicted octanol–water partition coefficient (Wildman–Crippen LogP) is 3.78. The summed E-state index contributed by atoms with van der Waals surface area (Å²) in [5, 5.41) is 41.1. The number of ether oxygens (including phenoxy) is 2. The molecule has 584 valence electrons. The van der Waals surface area contributed by atoms with Gasteiger partial charge in [0, 0.05) is 97.5 Å². The topological polar surface area (TPSA) is 436 Å². The molecule has 0 atom stereocenters. The smallest absolute Gasteiger partial charge is 0.306 e. The molecule has 0 aromatic carbocycles. The Morgan fingerprint density at radius 1 is 0.427 bits per heavy atom. The molecular weight excluding hydrogens is 1480 g/mol. The van der Waals surface area contributed by atoms with E-state index >= 15 is 4.39 Å². The van der Waals surface area contributed by atoms with E-state index in [0.717, 1.165) is 128 Å². The van der Waals surface area contributed by atoms with Crippen molar-refractivity contribution in [3.63, 3.8) is 0 Å². The number of fused-ring (bicyclic) bond motifs is 3. The Labute approximate surface area is 627 Å². The minimum Gasteiger partial charge on any atom is -0.481 e. The molecule has 16 rings (SSSR count). The van der Waals surface area contributed by atoms with Crippen molar-refractivity contribution in [2.75, 3.05) is 166 Å². The summed E-state index contributed by atoms with van der Waals surface area (Å²) in [6.07, 6.45) is 15.5. The van der Waals surface area contributed by atoms with Gasteiger partial charge in [-0.25, -0.2) is 54.8 Å². The van der Waals surface area contributed by atoms with E-state index < -0.39 is 76.4 Å². The number of pyridine rings is 3. The van der Waals surface area contributed by atoms with Crippen LogP contribution in [0.4, 0.5) is 77.9 Å². The maximum Gasteiger partial charge on any atom is 0.306 e. The normalized spacial score (nSPS) is 17.7. The fraction of sp³-hybridized carbons (Fsp3) is 0.426. The summed E-state index contributed by atoms with van der Waals surface area (Å²) in [6, 6.07) is 1.21. The number of nitrogens with one attached hydrogen (secondary N) is 4. The van der Waals surface area contributed by atoms with Gasteiger partial charge in [0.1, 0.15) is 33.8 Å². The van der Waals surface area contributed by atoms with Crippen LogP contribution in [0.2, 0.25) is 0 Å². The first-order valence-corrected chi connectivity index (χ1v) is 35.1. The first-order chi connectivity index (χ1) is 52.5. The first-order valence-electron chi connectivity index (χ1n) is 35.1. The number of carboxylic acids is 2. The Bertz CT molecular complexity index is 4680. The van der Waals surface area contributed by atoms with Crippen LogP contribution in [0, 0.1) is 52.7 Å². The SMILES string of the molecule is C1CN(C2COC2)CCN1.Cl.Nc1nn2cc(F)cnc2c1C(=O)Nc1cncc(F)c1N1CCC(C(=O)N2CCN(C3COC3)CC2)CC1.Nc1nn2cc(F)cnc2c1C(=O)Nc1cncc(F)c1N1CCC(C(=O)O)CC1.Nc1nn2cc(F)cnc2c1C(=O)Nc1cncc(F)c1N1CCC(C(=O)O)CC1. The van der Waals surface area contributed by atoms with E-state index in [-0.39, 0.29) is 109 Å². The van der Waals surface area contributed by atoms with Crippen LogP contribution >= 0.6 is 12.4 Å². The van der Waals surface area contributed by atoms with E-state index in [1.54, 1.807) is 9.80 Å². The Morgan fingerprint density at radius 3 is 1.04 bits per heavy atom. The Balaban J connectivity index is 0.000000145. The van der Waals surface area contributed by atoms with Crippen molar-refractivity contribution < 1.29 is 74.8 Å². The van der Waals surface area contributed by atoms with Gasteiger partial charge in [0.15, 0.2) is 69.3 Å². The Hall–Kier alpha value is -11.4.